The van der Waals surface area contributed by atoms with E-state index < -0.39 is 5.82 Å². The number of rotatable bonds is 3. The van der Waals surface area contributed by atoms with Crippen molar-refractivity contribution >= 4 is 27.5 Å². The molecule has 94 valence electrons. The average molecular weight is 333 g/mol. The molecule has 0 aliphatic carbocycles. The predicted molar refractivity (Wildman–Crippen MR) is 70.0 cm³/mol. The lowest BCUT2D eigenvalue weighted by Crippen LogP contribution is -1.93. The first-order valence-corrected chi connectivity index (χ1v) is 6.09. The number of benzene rings is 1. The van der Waals surface area contributed by atoms with Gasteiger partial charge in [-0.05, 0) is 40.2 Å². The minimum absolute atomic E-state index is 0.134. The third-order valence-electron chi connectivity index (χ3n) is 2.12. The van der Waals surface area contributed by atoms with Gasteiger partial charge in [0.25, 0.3) is 5.88 Å². The summed E-state index contributed by atoms with van der Waals surface area (Å²) in [4.78, 5) is 3.78. The van der Waals surface area contributed by atoms with Crippen LogP contribution in [0.3, 0.4) is 0 Å². The molecule has 18 heavy (non-hydrogen) atoms. The van der Waals surface area contributed by atoms with E-state index in [9.17, 15) is 4.39 Å². The van der Waals surface area contributed by atoms with Gasteiger partial charge in [-0.25, -0.2) is 9.37 Å². The van der Waals surface area contributed by atoms with Gasteiger partial charge in [-0.3, -0.25) is 0 Å². The standard InChI is InChI=1S/C12H8BrClFNO2/c1-17-8-2-3-11(9(13)5-8)18-12-10(15)4-7(14)6-16-12/h2-6H,1H3. The van der Waals surface area contributed by atoms with Crippen LogP contribution < -0.4 is 9.47 Å². The van der Waals surface area contributed by atoms with E-state index in [-0.39, 0.29) is 10.9 Å². The van der Waals surface area contributed by atoms with Crippen molar-refractivity contribution in [3.05, 3.63) is 45.8 Å². The number of ether oxygens (including phenoxy) is 2. The first-order valence-electron chi connectivity index (χ1n) is 4.92. The van der Waals surface area contributed by atoms with Crippen LogP contribution in [0.4, 0.5) is 4.39 Å². The lowest BCUT2D eigenvalue weighted by Gasteiger charge is -2.08. The Bertz CT molecular complexity index is 580. The first kappa shape index (κ1) is 13.1. The van der Waals surface area contributed by atoms with Crippen molar-refractivity contribution in [2.75, 3.05) is 7.11 Å². The van der Waals surface area contributed by atoms with Gasteiger partial charge >= 0.3 is 0 Å². The maximum absolute atomic E-state index is 13.5. The topological polar surface area (TPSA) is 31.4 Å². The van der Waals surface area contributed by atoms with Crippen molar-refractivity contribution < 1.29 is 13.9 Å². The van der Waals surface area contributed by atoms with Crippen LogP contribution in [0.2, 0.25) is 5.02 Å². The van der Waals surface area contributed by atoms with Crippen LogP contribution >= 0.6 is 27.5 Å². The van der Waals surface area contributed by atoms with Crippen LogP contribution in [-0.4, -0.2) is 12.1 Å². The van der Waals surface area contributed by atoms with Crippen molar-refractivity contribution in [2.24, 2.45) is 0 Å². The van der Waals surface area contributed by atoms with Crippen molar-refractivity contribution in [1.82, 2.24) is 4.98 Å². The third kappa shape index (κ3) is 2.91. The first-order chi connectivity index (χ1) is 8.60. The zero-order chi connectivity index (χ0) is 13.1. The number of hydrogen-bond acceptors (Lipinski definition) is 3. The molecule has 0 N–H and O–H groups in total. The molecule has 0 aliphatic heterocycles. The lowest BCUT2D eigenvalue weighted by atomic mass is 10.3. The molecule has 0 fully saturated rings. The molecule has 0 unspecified atom stereocenters. The number of aromatic nitrogens is 1. The van der Waals surface area contributed by atoms with Crippen molar-refractivity contribution in [2.45, 2.75) is 0 Å². The Balaban J connectivity index is 2.28. The van der Waals surface area contributed by atoms with Crippen molar-refractivity contribution in [3.8, 4) is 17.4 Å². The normalized spacial score (nSPS) is 10.2. The van der Waals surface area contributed by atoms with Gasteiger partial charge < -0.3 is 9.47 Å². The molecular formula is C12H8BrClFNO2. The number of nitrogens with zero attached hydrogens (tertiary/aromatic N) is 1. The number of halogens is 3. The highest BCUT2D eigenvalue weighted by molar-refractivity contribution is 9.10. The largest absolute Gasteiger partial charge is 0.497 e. The Morgan fingerprint density at radius 3 is 2.72 bits per heavy atom. The Morgan fingerprint density at radius 1 is 1.33 bits per heavy atom. The van der Waals surface area contributed by atoms with E-state index >= 15 is 0 Å². The molecule has 1 aromatic heterocycles. The third-order valence-corrected chi connectivity index (χ3v) is 2.95. The molecule has 0 bridgehead atoms. The van der Waals surface area contributed by atoms with Crippen LogP contribution in [0.1, 0.15) is 0 Å². The molecule has 3 nitrogen and oxygen atoms in total. The Labute approximate surface area is 117 Å². The fraction of sp³-hybridized carbons (Fsp3) is 0.0833. The summed E-state index contributed by atoms with van der Waals surface area (Å²) in [5, 5.41) is 0.216. The van der Waals surface area contributed by atoms with Gasteiger partial charge in [0.1, 0.15) is 11.5 Å². The summed E-state index contributed by atoms with van der Waals surface area (Å²) in [7, 11) is 1.56. The fourth-order valence-corrected chi connectivity index (χ4v) is 1.86. The Morgan fingerprint density at radius 2 is 2.11 bits per heavy atom. The summed E-state index contributed by atoms with van der Waals surface area (Å²) >= 11 is 8.91. The van der Waals surface area contributed by atoms with Gasteiger partial charge in [-0.2, -0.15) is 0 Å². The van der Waals surface area contributed by atoms with Gasteiger partial charge in [-0.1, -0.05) is 11.6 Å². The Kier molecular flexibility index (Phi) is 4.04. The molecule has 1 aromatic carbocycles. The predicted octanol–water partition coefficient (Wildman–Crippen LogP) is 4.44. The summed E-state index contributed by atoms with van der Waals surface area (Å²) in [6.45, 7) is 0. The van der Waals surface area contributed by atoms with Crippen molar-refractivity contribution in [1.29, 1.82) is 0 Å². The fourth-order valence-electron chi connectivity index (χ4n) is 1.27. The van der Waals surface area contributed by atoms with Crippen molar-refractivity contribution in [3.63, 3.8) is 0 Å². The van der Waals surface area contributed by atoms with Crippen LogP contribution in [0, 0.1) is 5.82 Å². The molecule has 1 heterocycles. The van der Waals surface area contributed by atoms with Gasteiger partial charge in [0.15, 0.2) is 5.82 Å². The highest BCUT2D eigenvalue weighted by Gasteiger charge is 2.10. The number of pyridine rings is 1. The maximum Gasteiger partial charge on any atom is 0.256 e. The molecule has 0 saturated heterocycles. The maximum atomic E-state index is 13.5. The summed E-state index contributed by atoms with van der Waals surface area (Å²) in [5.41, 5.74) is 0. The quantitative estimate of drug-likeness (QED) is 0.833. The smallest absolute Gasteiger partial charge is 0.256 e. The minimum Gasteiger partial charge on any atom is -0.497 e. The summed E-state index contributed by atoms with van der Waals surface area (Å²) in [6, 6.07) is 6.21. The summed E-state index contributed by atoms with van der Waals surface area (Å²) < 4.78 is 24.5. The van der Waals surface area contributed by atoms with E-state index in [1.165, 1.54) is 6.20 Å². The monoisotopic (exact) mass is 331 g/mol. The molecule has 6 heteroatoms. The minimum atomic E-state index is -0.620. The van der Waals surface area contributed by atoms with E-state index in [1.54, 1.807) is 25.3 Å². The van der Waals surface area contributed by atoms with E-state index in [1.807, 2.05) is 0 Å². The number of hydrogen-bond donors (Lipinski definition) is 0. The van der Waals surface area contributed by atoms with E-state index in [4.69, 9.17) is 21.1 Å². The van der Waals surface area contributed by atoms with E-state index in [2.05, 4.69) is 20.9 Å². The highest BCUT2D eigenvalue weighted by atomic mass is 79.9. The van der Waals surface area contributed by atoms with Crippen LogP contribution in [0.5, 0.6) is 17.4 Å². The van der Waals surface area contributed by atoms with Crippen LogP contribution in [0.15, 0.2) is 34.9 Å². The molecular weight excluding hydrogens is 324 g/mol. The molecule has 0 aliphatic rings. The zero-order valence-corrected chi connectivity index (χ0v) is 11.6. The second kappa shape index (κ2) is 5.54. The second-order valence-electron chi connectivity index (χ2n) is 3.34. The number of methoxy groups -OCH3 is 1. The van der Waals surface area contributed by atoms with Gasteiger partial charge in [-0.15, -0.1) is 0 Å². The van der Waals surface area contributed by atoms with Gasteiger partial charge in [0.05, 0.1) is 16.6 Å². The van der Waals surface area contributed by atoms with Gasteiger partial charge in [0.2, 0.25) is 0 Å². The molecule has 0 radical (unpaired) electrons. The SMILES string of the molecule is COc1ccc(Oc2ncc(Cl)cc2F)c(Br)c1. The van der Waals surface area contributed by atoms with E-state index in [0.29, 0.717) is 16.0 Å². The molecule has 2 aromatic rings. The Hall–Kier alpha value is -1.33. The van der Waals surface area contributed by atoms with Crippen LogP contribution in [-0.2, 0) is 0 Å². The molecule has 0 saturated carbocycles. The molecule has 0 spiro atoms. The zero-order valence-electron chi connectivity index (χ0n) is 9.28. The van der Waals surface area contributed by atoms with Crippen LogP contribution in [0.25, 0.3) is 0 Å². The molecule has 0 atom stereocenters. The highest BCUT2D eigenvalue weighted by Crippen LogP contribution is 2.33. The molecule has 2 rings (SSSR count). The van der Waals surface area contributed by atoms with E-state index in [0.717, 1.165) is 6.07 Å². The average Bonchev–Trinajstić information content (AvgIpc) is 2.34. The lowest BCUT2D eigenvalue weighted by molar-refractivity contribution is 0.406. The molecule has 0 amide bonds. The summed E-state index contributed by atoms with van der Waals surface area (Å²) in [6.07, 6.45) is 1.32. The second-order valence-corrected chi connectivity index (χ2v) is 4.63. The summed E-state index contributed by atoms with van der Waals surface area (Å²) in [5.74, 6) is 0.346. The van der Waals surface area contributed by atoms with Gasteiger partial charge in [0, 0.05) is 6.20 Å².